The fourth-order valence-corrected chi connectivity index (χ4v) is 4.51. The Kier molecular flexibility index (Phi) is 7.43. The first-order valence-electron chi connectivity index (χ1n) is 10.7. The number of esters is 1. The summed E-state index contributed by atoms with van der Waals surface area (Å²) in [5.41, 5.74) is 3.22. The van der Waals surface area contributed by atoms with E-state index < -0.39 is 11.9 Å². The Morgan fingerprint density at radius 2 is 1.84 bits per heavy atom. The van der Waals surface area contributed by atoms with E-state index in [1.165, 1.54) is 11.8 Å². The van der Waals surface area contributed by atoms with Crippen LogP contribution in [0.3, 0.4) is 0 Å². The molecule has 0 amide bonds. The molecule has 2 N–H and O–H groups in total. The van der Waals surface area contributed by atoms with Gasteiger partial charge in [0.15, 0.2) is 5.16 Å². The van der Waals surface area contributed by atoms with Crippen molar-refractivity contribution in [2.45, 2.75) is 45.7 Å². The molecule has 0 aliphatic carbocycles. The van der Waals surface area contributed by atoms with Crippen molar-refractivity contribution in [1.29, 1.82) is 0 Å². The van der Waals surface area contributed by atoms with Crippen LogP contribution in [0.2, 0.25) is 0 Å². The molecule has 0 spiro atoms. The van der Waals surface area contributed by atoms with Crippen LogP contribution in [-0.2, 0) is 9.53 Å². The molecule has 7 nitrogen and oxygen atoms in total. The second-order valence-corrected chi connectivity index (χ2v) is 8.40. The van der Waals surface area contributed by atoms with Gasteiger partial charge in [0.25, 0.3) is 5.56 Å². The molecular formula is C23H30N4O3S. The van der Waals surface area contributed by atoms with Crippen molar-refractivity contribution in [2.24, 2.45) is 0 Å². The van der Waals surface area contributed by atoms with Crippen LogP contribution in [0.5, 0.6) is 0 Å². The van der Waals surface area contributed by atoms with Crippen LogP contribution in [-0.4, -0.2) is 41.4 Å². The number of fused-ring (bicyclic) bond motifs is 1. The van der Waals surface area contributed by atoms with Crippen molar-refractivity contribution < 1.29 is 9.53 Å². The fraction of sp³-hybridized carbons (Fsp3) is 0.435. The third kappa shape index (κ3) is 4.63. The maximum Gasteiger partial charge on any atom is 0.336 e. The first kappa shape index (κ1) is 22.9. The number of allylic oxidation sites excluding steroid dienone is 1. The number of carbonyl (C=O) groups excluding carboxylic acids is 1. The lowest BCUT2D eigenvalue weighted by Gasteiger charge is -2.29. The van der Waals surface area contributed by atoms with Gasteiger partial charge in [-0.15, -0.1) is 0 Å². The van der Waals surface area contributed by atoms with E-state index in [-0.39, 0.29) is 12.2 Å². The number of hydrogen-bond acceptors (Lipinski definition) is 7. The molecule has 1 aliphatic heterocycles. The van der Waals surface area contributed by atoms with E-state index in [0.29, 0.717) is 27.8 Å². The van der Waals surface area contributed by atoms with Crippen LogP contribution in [0, 0.1) is 0 Å². The highest BCUT2D eigenvalue weighted by molar-refractivity contribution is 7.99. The van der Waals surface area contributed by atoms with Gasteiger partial charge in [0.2, 0.25) is 0 Å². The SMILES string of the molecule is CCOC(=O)C1=C(C)Nc2nc(SCC)[nH]c(=O)c2C1c1ccc(N(CC)CC)cc1. The summed E-state index contributed by atoms with van der Waals surface area (Å²) in [7, 11) is 0. The van der Waals surface area contributed by atoms with Gasteiger partial charge in [-0.2, -0.15) is 0 Å². The molecule has 0 saturated heterocycles. The van der Waals surface area contributed by atoms with Gasteiger partial charge in [-0.3, -0.25) is 4.79 Å². The van der Waals surface area contributed by atoms with Crippen LogP contribution >= 0.6 is 11.8 Å². The number of nitrogens with one attached hydrogen (secondary N) is 2. The summed E-state index contributed by atoms with van der Waals surface area (Å²) in [6.45, 7) is 11.9. The monoisotopic (exact) mass is 442 g/mol. The lowest BCUT2D eigenvalue weighted by molar-refractivity contribution is -0.138. The summed E-state index contributed by atoms with van der Waals surface area (Å²) in [4.78, 5) is 35.7. The van der Waals surface area contributed by atoms with E-state index in [9.17, 15) is 9.59 Å². The maximum absolute atomic E-state index is 13.1. The number of thioether (sulfide) groups is 1. The molecule has 3 rings (SSSR count). The molecule has 0 fully saturated rings. The Morgan fingerprint density at radius 3 is 2.42 bits per heavy atom. The number of aromatic nitrogens is 2. The molecular weight excluding hydrogens is 412 g/mol. The minimum absolute atomic E-state index is 0.249. The van der Waals surface area contributed by atoms with Crippen LogP contribution < -0.4 is 15.8 Å². The minimum Gasteiger partial charge on any atom is -0.463 e. The average Bonchev–Trinajstić information content (AvgIpc) is 2.74. The third-order valence-corrected chi connectivity index (χ3v) is 6.11. The number of benzene rings is 1. The maximum atomic E-state index is 13.1. The molecule has 31 heavy (non-hydrogen) atoms. The van der Waals surface area contributed by atoms with Gasteiger partial charge in [0.05, 0.1) is 23.7 Å². The summed E-state index contributed by atoms with van der Waals surface area (Å²) >= 11 is 1.47. The second-order valence-electron chi connectivity index (χ2n) is 7.15. The normalized spacial score (nSPS) is 15.3. The van der Waals surface area contributed by atoms with E-state index in [0.717, 1.165) is 30.1 Å². The standard InChI is InChI=1S/C23H30N4O3S/c1-6-27(7-2)16-12-10-15(11-13-16)18-17(22(29)30-8-3)14(5)24-20-19(18)21(28)26-23(25-20)31-9-4/h10-13,18H,6-9H2,1-5H3,(H2,24,25,26,28). The quantitative estimate of drug-likeness (QED) is 0.361. The zero-order chi connectivity index (χ0) is 22.5. The Hall–Kier alpha value is -2.74. The van der Waals surface area contributed by atoms with Crippen molar-refractivity contribution in [3.8, 4) is 0 Å². The number of anilines is 2. The van der Waals surface area contributed by atoms with E-state index in [4.69, 9.17) is 4.74 Å². The van der Waals surface area contributed by atoms with Crippen molar-refractivity contribution in [3.63, 3.8) is 0 Å². The fourth-order valence-electron chi connectivity index (χ4n) is 3.92. The van der Waals surface area contributed by atoms with Crippen LogP contribution in [0.1, 0.15) is 51.7 Å². The number of nitrogens with zero attached hydrogens (tertiary/aromatic N) is 2. The number of aromatic amines is 1. The molecule has 1 atom stereocenters. The predicted octanol–water partition coefficient (Wildman–Crippen LogP) is 4.12. The Bertz CT molecular complexity index is 1030. The lowest BCUT2D eigenvalue weighted by Crippen LogP contribution is -2.31. The summed E-state index contributed by atoms with van der Waals surface area (Å²) in [5, 5.41) is 3.72. The summed E-state index contributed by atoms with van der Waals surface area (Å²) in [6.07, 6.45) is 0. The smallest absolute Gasteiger partial charge is 0.336 e. The number of H-pyrrole nitrogens is 1. The van der Waals surface area contributed by atoms with Crippen LogP contribution in [0.25, 0.3) is 0 Å². The molecule has 1 aromatic heterocycles. The number of hydrogen-bond donors (Lipinski definition) is 2. The number of rotatable bonds is 8. The highest BCUT2D eigenvalue weighted by Crippen LogP contribution is 2.40. The van der Waals surface area contributed by atoms with Gasteiger partial charge in [-0.25, -0.2) is 9.78 Å². The average molecular weight is 443 g/mol. The Balaban J connectivity index is 2.16. The summed E-state index contributed by atoms with van der Waals surface area (Å²) in [5.74, 6) is 0.296. The van der Waals surface area contributed by atoms with Gasteiger partial charge < -0.3 is 19.9 Å². The van der Waals surface area contributed by atoms with Gasteiger partial charge >= 0.3 is 5.97 Å². The first-order chi connectivity index (χ1) is 14.9. The van der Waals surface area contributed by atoms with Gasteiger partial charge in [0.1, 0.15) is 5.82 Å². The number of carbonyl (C=O) groups is 1. The molecule has 0 radical (unpaired) electrons. The van der Waals surface area contributed by atoms with Crippen molar-refractivity contribution in [3.05, 3.63) is 57.0 Å². The number of ether oxygens (including phenoxy) is 1. The molecule has 2 aromatic rings. The van der Waals surface area contributed by atoms with Crippen molar-refractivity contribution in [2.75, 3.05) is 35.7 Å². The van der Waals surface area contributed by atoms with Crippen LogP contribution in [0.15, 0.2) is 45.5 Å². The van der Waals surface area contributed by atoms with E-state index in [2.05, 4.69) is 34.0 Å². The topological polar surface area (TPSA) is 87.3 Å². The molecule has 1 unspecified atom stereocenters. The minimum atomic E-state index is -0.557. The summed E-state index contributed by atoms with van der Waals surface area (Å²) < 4.78 is 5.34. The lowest BCUT2D eigenvalue weighted by atomic mass is 9.82. The summed E-state index contributed by atoms with van der Waals surface area (Å²) in [6, 6.07) is 8.03. The molecule has 166 valence electrons. The molecule has 1 aliphatic rings. The molecule has 2 heterocycles. The zero-order valence-electron chi connectivity index (χ0n) is 18.7. The van der Waals surface area contributed by atoms with Gasteiger partial charge in [-0.1, -0.05) is 30.8 Å². The Morgan fingerprint density at radius 1 is 1.16 bits per heavy atom. The molecule has 0 bridgehead atoms. The highest BCUT2D eigenvalue weighted by atomic mass is 32.2. The predicted molar refractivity (Wildman–Crippen MR) is 126 cm³/mol. The van der Waals surface area contributed by atoms with Gasteiger partial charge in [-0.05, 0) is 51.1 Å². The first-order valence-corrected chi connectivity index (χ1v) is 11.7. The van der Waals surface area contributed by atoms with Crippen molar-refractivity contribution in [1.82, 2.24) is 9.97 Å². The molecule has 0 saturated carbocycles. The molecule has 8 heteroatoms. The zero-order valence-corrected chi connectivity index (χ0v) is 19.6. The van der Waals surface area contributed by atoms with Crippen molar-refractivity contribution >= 4 is 29.2 Å². The Labute approximate surface area is 187 Å². The second kappa shape index (κ2) is 10.0. The molecule has 1 aromatic carbocycles. The van der Waals surface area contributed by atoms with E-state index >= 15 is 0 Å². The largest absolute Gasteiger partial charge is 0.463 e. The van der Waals surface area contributed by atoms with Gasteiger partial charge in [0, 0.05) is 24.5 Å². The van der Waals surface area contributed by atoms with Crippen LogP contribution in [0.4, 0.5) is 11.5 Å². The van der Waals surface area contributed by atoms with E-state index in [1.54, 1.807) is 6.92 Å². The van der Waals surface area contributed by atoms with E-state index in [1.807, 2.05) is 38.1 Å². The highest BCUT2D eigenvalue weighted by Gasteiger charge is 2.36. The third-order valence-electron chi connectivity index (χ3n) is 5.35.